The molecule has 0 saturated carbocycles. The molecule has 0 unspecified atom stereocenters. The number of aromatic amines is 1. The fraction of sp³-hybridized carbons (Fsp3) is 0.333. The molecule has 0 aromatic carbocycles. The molecule has 0 spiro atoms. The third-order valence-corrected chi connectivity index (χ3v) is 3.67. The molecular formula is C12H17Cl2NSiZr. The second-order valence-electron chi connectivity index (χ2n) is 3.68. The number of allylic oxidation sites excluding steroid dienone is 4. The van der Waals surface area contributed by atoms with Gasteiger partial charge in [-0.3, -0.25) is 6.08 Å². The molecule has 1 aromatic rings. The van der Waals surface area contributed by atoms with Crippen LogP contribution in [0.3, 0.4) is 0 Å². The number of hydrogen-bond donors (Lipinski definition) is 1. The number of aromatic nitrogens is 1. The van der Waals surface area contributed by atoms with Crippen molar-refractivity contribution in [2.24, 2.45) is 0 Å². The van der Waals surface area contributed by atoms with Gasteiger partial charge >= 0.3 is 26.2 Å². The van der Waals surface area contributed by atoms with Crippen LogP contribution in [0, 0.1) is 19.2 Å². The predicted octanol–water partition coefficient (Wildman–Crippen LogP) is -3.17. The van der Waals surface area contributed by atoms with Crippen molar-refractivity contribution in [3.8, 4) is 0 Å². The number of hydrogen-bond acceptors (Lipinski definition) is 0. The summed E-state index contributed by atoms with van der Waals surface area (Å²) in [6.07, 6.45) is 13.5. The molecule has 1 N–H and O–H groups in total. The first-order chi connectivity index (χ1) is 6.70. The van der Waals surface area contributed by atoms with Crippen molar-refractivity contribution in [2.75, 3.05) is 0 Å². The molecule has 0 bridgehead atoms. The van der Waals surface area contributed by atoms with Gasteiger partial charge in [-0.15, -0.1) is 12.6 Å². The maximum Gasteiger partial charge on any atom is 4.00 e. The summed E-state index contributed by atoms with van der Waals surface area (Å²) in [5.74, 6) is 0. The minimum absolute atomic E-state index is 0. The van der Waals surface area contributed by atoms with Gasteiger partial charge in [0.1, 0.15) is 0 Å². The van der Waals surface area contributed by atoms with Crippen LogP contribution in [-0.2, 0) is 26.2 Å². The van der Waals surface area contributed by atoms with Crippen LogP contribution in [-0.4, -0.2) is 13.8 Å². The predicted molar refractivity (Wildman–Crippen MR) is 63.8 cm³/mol. The smallest absolute Gasteiger partial charge is 1.00 e. The Morgan fingerprint density at radius 3 is 2.12 bits per heavy atom. The van der Waals surface area contributed by atoms with E-state index < -0.39 is 8.80 Å². The average Bonchev–Trinajstić information content (AvgIpc) is 2.75. The zero-order valence-electron chi connectivity index (χ0n) is 10.3. The summed E-state index contributed by atoms with van der Waals surface area (Å²) in [6, 6.07) is 1.97. The van der Waals surface area contributed by atoms with Gasteiger partial charge in [-0.05, 0) is 0 Å². The summed E-state index contributed by atoms with van der Waals surface area (Å²) < 4.78 is 0. The molecule has 0 atom stereocenters. The van der Waals surface area contributed by atoms with Crippen LogP contribution in [0.25, 0.3) is 0 Å². The molecule has 1 aliphatic rings. The monoisotopic (exact) mass is 363 g/mol. The Morgan fingerprint density at radius 1 is 1.29 bits per heavy atom. The molecule has 5 heteroatoms. The van der Waals surface area contributed by atoms with E-state index in [2.05, 4.69) is 42.5 Å². The molecule has 1 nitrogen and oxygen atoms in total. The Hall–Kier alpha value is 0.440. The molecule has 0 amide bonds. The van der Waals surface area contributed by atoms with Crippen LogP contribution in [0.1, 0.15) is 12.0 Å². The van der Waals surface area contributed by atoms with Gasteiger partial charge in [-0.25, -0.2) is 11.3 Å². The van der Waals surface area contributed by atoms with Crippen molar-refractivity contribution in [3.63, 3.8) is 0 Å². The first kappa shape index (κ1) is 22.6. The topological polar surface area (TPSA) is 15.8 Å². The number of H-pyrrole nitrogens is 1. The Labute approximate surface area is 138 Å². The molecule has 1 aliphatic carbocycles. The summed E-state index contributed by atoms with van der Waals surface area (Å²) in [6.45, 7) is 6.66. The number of nitrogens with one attached hydrogen (secondary N) is 1. The first-order valence-corrected chi connectivity index (χ1v) is 7.87. The standard InChI is InChI=1S/C7H11Si.C5H6N.2ClH.Zr/c1-8(2)7-5-3-4-6-7;1-5-2-3-6-4-5;;;/h3,5,8H,4H2,1-2H3;2-3,6H,1H3;2*1H;/q2*-1;;;+4/p-2. The van der Waals surface area contributed by atoms with Crippen LogP contribution >= 0.6 is 0 Å². The van der Waals surface area contributed by atoms with Crippen LogP contribution in [0.15, 0.2) is 29.6 Å². The molecule has 0 aliphatic heterocycles. The minimum Gasteiger partial charge on any atom is -1.00 e. The van der Waals surface area contributed by atoms with E-state index in [1.165, 1.54) is 5.20 Å². The minimum atomic E-state index is -0.504. The molecule has 0 fully saturated rings. The Bertz CT molecular complexity index is 321. The first-order valence-electron chi connectivity index (χ1n) is 4.99. The number of halogens is 2. The Balaban J connectivity index is -0.000000201. The van der Waals surface area contributed by atoms with Crippen molar-refractivity contribution < 1.29 is 51.0 Å². The van der Waals surface area contributed by atoms with E-state index in [1.54, 1.807) is 0 Å². The van der Waals surface area contributed by atoms with Gasteiger partial charge in [0, 0.05) is 8.80 Å². The Morgan fingerprint density at radius 2 is 1.94 bits per heavy atom. The van der Waals surface area contributed by atoms with E-state index in [-0.39, 0.29) is 51.0 Å². The van der Waals surface area contributed by atoms with E-state index in [0.717, 1.165) is 12.0 Å². The summed E-state index contributed by atoms with van der Waals surface area (Å²) in [5.41, 5.74) is 1.16. The normalized spacial score (nSPS) is 11.4. The second-order valence-corrected chi connectivity index (χ2v) is 6.61. The van der Waals surface area contributed by atoms with Gasteiger partial charge in [-0.1, -0.05) is 20.0 Å². The van der Waals surface area contributed by atoms with Crippen molar-refractivity contribution in [1.29, 1.82) is 0 Å². The molecule has 1 aromatic heterocycles. The van der Waals surface area contributed by atoms with E-state index in [1.807, 2.05) is 19.2 Å². The Kier molecular flexibility index (Phi) is 17.1. The van der Waals surface area contributed by atoms with Crippen molar-refractivity contribution >= 4 is 8.80 Å². The summed E-state index contributed by atoms with van der Waals surface area (Å²) in [4.78, 5) is 2.80. The number of rotatable bonds is 1. The molecule has 0 saturated heterocycles. The van der Waals surface area contributed by atoms with Crippen LogP contribution < -0.4 is 24.8 Å². The fourth-order valence-electron chi connectivity index (χ4n) is 1.18. The molecule has 0 radical (unpaired) electrons. The zero-order valence-corrected chi connectivity index (χ0v) is 15.5. The van der Waals surface area contributed by atoms with Gasteiger partial charge < -0.3 is 29.8 Å². The maximum atomic E-state index is 3.32. The van der Waals surface area contributed by atoms with E-state index in [0.29, 0.717) is 0 Å². The van der Waals surface area contributed by atoms with Gasteiger partial charge in [0.15, 0.2) is 0 Å². The molecule has 92 valence electrons. The molecule has 1 heterocycles. The zero-order chi connectivity index (χ0) is 10.4. The molecule has 17 heavy (non-hydrogen) atoms. The third-order valence-electron chi connectivity index (χ3n) is 2.03. The van der Waals surface area contributed by atoms with Crippen LogP contribution in [0.4, 0.5) is 0 Å². The molecular weight excluding hydrogens is 348 g/mol. The van der Waals surface area contributed by atoms with Gasteiger partial charge in [-0.2, -0.15) is 23.9 Å². The quantitative estimate of drug-likeness (QED) is 0.399. The number of aryl methyl sites for hydroxylation is 1. The average molecular weight is 365 g/mol. The summed E-state index contributed by atoms with van der Waals surface area (Å²) >= 11 is 0. The van der Waals surface area contributed by atoms with Crippen LogP contribution in [0.5, 0.6) is 0 Å². The van der Waals surface area contributed by atoms with E-state index in [9.17, 15) is 0 Å². The van der Waals surface area contributed by atoms with Crippen molar-refractivity contribution in [3.05, 3.63) is 47.4 Å². The van der Waals surface area contributed by atoms with Gasteiger partial charge in [0.2, 0.25) is 0 Å². The summed E-state index contributed by atoms with van der Waals surface area (Å²) in [5, 5.41) is 1.50. The molecule has 2 rings (SSSR count). The third kappa shape index (κ3) is 10.1. The fourth-order valence-corrected chi connectivity index (χ4v) is 2.23. The SMILES string of the molecule is C[SiH](C)C1=[C-]CC=C1.Cc1[c-][nH]cc1.[Cl-].[Cl-].[Zr+4]. The van der Waals surface area contributed by atoms with Gasteiger partial charge in [0.25, 0.3) is 0 Å². The van der Waals surface area contributed by atoms with E-state index >= 15 is 0 Å². The van der Waals surface area contributed by atoms with Gasteiger partial charge in [0.05, 0.1) is 0 Å². The maximum absolute atomic E-state index is 3.32. The van der Waals surface area contributed by atoms with E-state index in [4.69, 9.17) is 0 Å². The van der Waals surface area contributed by atoms with Crippen LogP contribution in [0.2, 0.25) is 13.1 Å². The largest absolute Gasteiger partial charge is 4.00 e. The second kappa shape index (κ2) is 12.9. The van der Waals surface area contributed by atoms with Crippen molar-refractivity contribution in [2.45, 2.75) is 26.4 Å². The summed E-state index contributed by atoms with van der Waals surface area (Å²) in [7, 11) is -0.504. The van der Waals surface area contributed by atoms with Crippen molar-refractivity contribution in [1.82, 2.24) is 4.98 Å².